The molecule has 0 saturated carbocycles. The first kappa shape index (κ1) is 17.9. The molecule has 0 radical (unpaired) electrons. The predicted octanol–water partition coefficient (Wildman–Crippen LogP) is 7.42. The molecule has 0 bridgehead atoms. The Morgan fingerprint density at radius 3 is 0.815 bits per heavy atom. The molecule has 0 aliphatic heterocycles. The summed E-state index contributed by atoms with van der Waals surface area (Å²) in [6.45, 7) is 0. The summed E-state index contributed by atoms with van der Waals surface area (Å²) in [6, 6.07) is 38.5. The summed E-state index contributed by atoms with van der Waals surface area (Å²) in [5.41, 5.74) is 0. The molecule has 27 heavy (non-hydrogen) atoms. The Bertz CT molecular complexity index is 1130. The summed E-state index contributed by atoms with van der Waals surface area (Å²) in [7, 11) is 0. The second-order valence-electron chi connectivity index (χ2n) is 6.64. The first-order valence-electron chi connectivity index (χ1n) is 8.96. The van der Waals surface area contributed by atoms with Crippen LogP contribution in [0.25, 0.3) is 43.1 Å². The Morgan fingerprint density at radius 2 is 0.556 bits per heavy atom. The standard InChI is InChI=1S/2C13H9.Zr/c2*1-3-7-12-10(5-1)9-11-6-2-4-8-13(11)12;/h2*1-9H;/q2*-1;+2. The van der Waals surface area contributed by atoms with E-state index in [0.29, 0.717) is 0 Å². The molecule has 0 spiro atoms. The van der Waals surface area contributed by atoms with Crippen molar-refractivity contribution >= 4 is 43.1 Å². The van der Waals surface area contributed by atoms with Crippen LogP contribution in [0.5, 0.6) is 0 Å². The molecule has 0 aliphatic carbocycles. The van der Waals surface area contributed by atoms with Crippen LogP contribution in [0.4, 0.5) is 0 Å². The largest absolute Gasteiger partial charge is 2.00 e. The van der Waals surface area contributed by atoms with Gasteiger partial charge in [0, 0.05) is 0 Å². The third-order valence-electron chi connectivity index (χ3n) is 5.05. The summed E-state index contributed by atoms with van der Waals surface area (Å²) in [4.78, 5) is 0. The van der Waals surface area contributed by atoms with Crippen LogP contribution < -0.4 is 0 Å². The van der Waals surface area contributed by atoms with E-state index in [-0.39, 0.29) is 26.2 Å². The number of fused-ring (bicyclic) bond motifs is 6. The molecule has 126 valence electrons. The van der Waals surface area contributed by atoms with Gasteiger partial charge in [-0.15, -0.1) is 79.5 Å². The van der Waals surface area contributed by atoms with E-state index in [2.05, 4.69) is 109 Å². The van der Waals surface area contributed by atoms with E-state index in [4.69, 9.17) is 0 Å². The normalized spacial score (nSPS) is 10.7. The Balaban J connectivity index is 0.000000129. The van der Waals surface area contributed by atoms with Gasteiger partial charge in [-0.3, -0.25) is 0 Å². The third kappa shape index (κ3) is 3.29. The molecule has 6 aromatic carbocycles. The van der Waals surface area contributed by atoms with Gasteiger partial charge in [0.25, 0.3) is 0 Å². The topological polar surface area (TPSA) is 0 Å². The van der Waals surface area contributed by atoms with Gasteiger partial charge in [-0.1, -0.05) is 72.8 Å². The Labute approximate surface area is 177 Å². The number of hydrogen-bond donors (Lipinski definition) is 0. The van der Waals surface area contributed by atoms with E-state index in [1.807, 2.05) is 0 Å². The fourth-order valence-corrected chi connectivity index (χ4v) is 3.81. The maximum absolute atomic E-state index is 2.24. The van der Waals surface area contributed by atoms with Crippen molar-refractivity contribution in [2.75, 3.05) is 0 Å². The fourth-order valence-electron chi connectivity index (χ4n) is 3.81. The van der Waals surface area contributed by atoms with E-state index in [1.54, 1.807) is 0 Å². The SMILES string of the molecule is [Zr+2].c1ccc2c(c1)[cH-]c1ccccc12.c1ccc2c(c1)[cH-]c1ccccc12. The van der Waals surface area contributed by atoms with E-state index in [1.165, 1.54) is 43.1 Å². The van der Waals surface area contributed by atoms with Crippen LogP contribution in [0.1, 0.15) is 0 Å². The number of rotatable bonds is 0. The van der Waals surface area contributed by atoms with E-state index in [0.717, 1.165) is 0 Å². The molecule has 6 aromatic rings. The Hall–Kier alpha value is -2.50. The van der Waals surface area contributed by atoms with Crippen molar-refractivity contribution in [3.8, 4) is 0 Å². The minimum absolute atomic E-state index is 0. The second kappa shape index (κ2) is 7.63. The van der Waals surface area contributed by atoms with Crippen LogP contribution in [0.3, 0.4) is 0 Å². The molecule has 0 saturated heterocycles. The molecular formula is C26H18Zr. The first-order valence-corrected chi connectivity index (χ1v) is 8.96. The minimum Gasteiger partial charge on any atom is -0.126 e. The summed E-state index contributed by atoms with van der Waals surface area (Å²) in [6.07, 6.45) is 0. The van der Waals surface area contributed by atoms with E-state index >= 15 is 0 Å². The molecule has 0 N–H and O–H groups in total. The minimum atomic E-state index is 0. The van der Waals surface area contributed by atoms with Crippen molar-refractivity contribution < 1.29 is 26.2 Å². The van der Waals surface area contributed by atoms with Gasteiger partial charge in [-0.2, -0.15) is 0 Å². The van der Waals surface area contributed by atoms with Crippen molar-refractivity contribution in [1.29, 1.82) is 0 Å². The van der Waals surface area contributed by atoms with Crippen LogP contribution in [-0.2, 0) is 26.2 Å². The average Bonchev–Trinajstić information content (AvgIpc) is 3.27. The smallest absolute Gasteiger partial charge is 0.126 e. The van der Waals surface area contributed by atoms with Gasteiger partial charge < -0.3 is 0 Å². The van der Waals surface area contributed by atoms with Crippen LogP contribution in [-0.4, -0.2) is 0 Å². The third-order valence-corrected chi connectivity index (χ3v) is 5.05. The summed E-state index contributed by atoms with van der Waals surface area (Å²) < 4.78 is 0. The molecule has 0 atom stereocenters. The number of benzene rings is 4. The molecule has 0 amide bonds. The second-order valence-corrected chi connectivity index (χ2v) is 6.64. The van der Waals surface area contributed by atoms with Crippen molar-refractivity contribution in [3.63, 3.8) is 0 Å². The van der Waals surface area contributed by atoms with Gasteiger partial charge in [-0.05, 0) is 0 Å². The summed E-state index contributed by atoms with van der Waals surface area (Å²) >= 11 is 0. The molecule has 0 unspecified atom stereocenters. The molecule has 1 heteroatoms. The quantitative estimate of drug-likeness (QED) is 0.224. The Morgan fingerprint density at radius 1 is 0.333 bits per heavy atom. The first-order chi connectivity index (χ1) is 12.9. The van der Waals surface area contributed by atoms with Gasteiger partial charge in [0.15, 0.2) is 0 Å². The van der Waals surface area contributed by atoms with Crippen molar-refractivity contribution in [3.05, 3.63) is 109 Å². The maximum atomic E-state index is 2.24. The van der Waals surface area contributed by atoms with Gasteiger partial charge in [0.2, 0.25) is 0 Å². The van der Waals surface area contributed by atoms with Gasteiger partial charge in [0.1, 0.15) is 0 Å². The van der Waals surface area contributed by atoms with Crippen LogP contribution in [0.2, 0.25) is 0 Å². The zero-order valence-electron chi connectivity index (χ0n) is 14.9. The van der Waals surface area contributed by atoms with Crippen molar-refractivity contribution in [2.45, 2.75) is 0 Å². The van der Waals surface area contributed by atoms with Gasteiger partial charge >= 0.3 is 26.2 Å². The Kier molecular flexibility index (Phi) is 5.05. The molecule has 6 rings (SSSR count). The molecular weight excluding hydrogens is 404 g/mol. The summed E-state index contributed by atoms with van der Waals surface area (Å²) in [5, 5.41) is 10.8. The zero-order chi connectivity index (χ0) is 17.3. The molecule has 0 aliphatic rings. The van der Waals surface area contributed by atoms with Crippen LogP contribution >= 0.6 is 0 Å². The monoisotopic (exact) mass is 420 g/mol. The predicted molar refractivity (Wildman–Crippen MR) is 114 cm³/mol. The summed E-state index contributed by atoms with van der Waals surface area (Å²) in [5.74, 6) is 0. The molecule has 0 nitrogen and oxygen atoms in total. The molecule has 0 aromatic heterocycles. The average molecular weight is 422 g/mol. The van der Waals surface area contributed by atoms with E-state index in [9.17, 15) is 0 Å². The number of hydrogen-bond acceptors (Lipinski definition) is 0. The maximum Gasteiger partial charge on any atom is 2.00 e. The molecule has 0 fully saturated rings. The van der Waals surface area contributed by atoms with E-state index < -0.39 is 0 Å². The van der Waals surface area contributed by atoms with Crippen molar-refractivity contribution in [2.24, 2.45) is 0 Å². The zero-order valence-corrected chi connectivity index (χ0v) is 17.4. The van der Waals surface area contributed by atoms with Gasteiger partial charge in [0.05, 0.1) is 0 Å². The van der Waals surface area contributed by atoms with Crippen LogP contribution in [0, 0.1) is 0 Å². The van der Waals surface area contributed by atoms with Crippen LogP contribution in [0.15, 0.2) is 109 Å². The fraction of sp³-hybridized carbons (Fsp3) is 0. The van der Waals surface area contributed by atoms with Gasteiger partial charge in [-0.25, -0.2) is 0 Å². The molecule has 0 heterocycles. The van der Waals surface area contributed by atoms with Crippen molar-refractivity contribution in [1.82, 2.24) is 0 Å².